The van der Waals surface area contributed by atoms with E-state index in [9.17, 15) is 9.67 Å². The van der Waals surface area contributed by atoms with E-state index >= 15 is 0 Å². The SMILES string of the molecule is C.CCN(CC)CC.[2H]C[C@H]1O[C@H]([3H])C[C@@H]1OP(=O)(OCC[N+]#[C-])S[C@H](CCC)[C@H]1O[C@H]([3H])C[C@@H]1C.[2H]C[C@H]1O[C@H]([3H])C[C@@H]1OP(OCC[N+]#[C-])S[C@H](CCC)[C@H]1O[C@H]([3H])C[C@@H]1C.[3H]OC.[3H]OC.[3H][C@@H]1C[C@H](C)[C@@H]([C@@H](O)CC=C)O1.[3H][C@@H]1C[C@H](C)[C@@H]([C@H](C)CC=C)O1.[3H][C@@H]1C[C@H](C)[C@@H]([C@H](S)CCC)O1. The predicted molar refractivity (Wildman–Crippen MR) is 398 cm³/mol. The van der Waals surface area contributed by atoms with Crippen molar-refractivity contribution in [2.45, 2.75) is 277 Å². The number of allylic oxidation sites excluding steroid dienone is 1. The van der Waals surface area contributed by atoms with Gasteiger partial charge in [0.05, 0.1) is 70.6 Å². The van der Waals surface area contributed by atoms with Crippen LogP contribution < -0.4 is 0 Å². The summed E-state index contributed by atoms with van der Waals surface area (Å²) in [6, 6.07) is 0. The third-order valence-electron chi connectivity index (χ3n) is 16.3. The second-order valence-corrected chi connectivity index (χ2v) is 32.0. The summed E-state index contributed by atoms with van der Waals surface area (Å²) in [6.45, 7) is 43.5. The molecule has 0 spiro atoms. The van der Waals surface area contributed by atoms with Gasteiger partial charge in [-0.25, -0.2) is 17.7 Å². The molecule has 28 atom stereocenters. The van der Waals surface area contributed by atoms with Crippen LogP contribution in [0.1, 0.15) is 213 Å². The van der Waals surface area contributed by atoms with Gasteiger partial charge in [-0.1, -0.05) is 133 Å². The van der Waals surface area contributed by atoms with Crippen molar-refractivity contribution in [1.29, 1.82) is 2.86 Å². The molecule has 7 rings (SSSR count). The Morgan fingerprint density at radius 3 is 1.51 bits per heavy atom. The van der Waals surface area contributed by atoms with E-state index in [-0.39, 0.29) is 119 Å². The first kappa shape index (κ1) is 76.2. The minimum absolute atomic E-state index is 0. The van der Waals surface area contributed by atoms with Crippen molar-refractivity contribution in [3.8, 4) is 0 Å². The van der Waals surface area contributed by atoms with Crippen LogP contribution in [0.15, 0.2) is 25.3 Å². The fourth-order valence-electron chi connectivity index (χ4n) is 10.8. The molecule has 94 heavy (non-hydrogen) atoms. The Kier molecular flexibility index (Phi) is 47.9. The largest absolute Gasteiger partial charge is 0.400 e. The Morgan fingerprint density at radius 2 is 1.09 bits per heavy atom. The Bertz CT molecular complexity index is 2270. The van der Waals surface area contributed by atoms with Gasteiger partial charge in [-0.15, -0.1) is 13.2 Å². The molecule has 3 N–H and O–H groups in total. The lowest BCUT2D eigenvalue weighted by Crippen LogP contribution is -2.29. The van der Waals surface area contributed by atoms with Crippen molar-refractivity contribution in [3.05, 3.63) is 48.1 Å². The maximum atomic E-state index is 13.6. The molecule has 18 nitrogen and oxygen atoms in total. The summed E-state index contributed by atoms with van der Waals surface area (Å²) in [5, 5.41) is 16.9. The van der Waals surface area contributed by atoms with Crippen molar-refractivity contribution in [1.82, 2.24) is 4.90 Å². The molecule has 7 fully saturated rings. The number of rotatable bonds is 32. The topological polar surface area (TPSA) is 191 Å². The molecule has 2 unspecified atom stereocenters. The van der Waals surface area contributed by atoms with Crippen molar-refractivity contribution >= 4 is 49.8 Å². The zero-order valence-corrected chi connectivity index (χ0v) is 63.5. The van der Waals surface area contributed by atoms with Crippen LogP contribution in [0, 0.1) is 48.7 Å². The first-order chi connectivity index (χ1) is 49.4. The van der Waals surface area contributed by atoms with Crippen LogP contribution in [0.3, 0.4) is 0 Å². The highest BCUT2D eigenvalue weighted by atomic mass is 32.7. The van der Waals surface area contributed by atoms with Gasteiger partial charge in [0, 0.05) is 85.2 Å². The highest BCUT2D eigenvalue weighted by molar-refractivity contribution is 8.55. The number of ether oxygens (including phenoxy) is 7. The lowest BCUT2D eigenvalue weighted by molar-refractivity contribution is -0.0144. The number of thiol groups is 1. The summed E-state index contributed by atoms with van der Waals surface area (Å²) in [6.07, 6.45) is 12.9. The molecule has 7 saturated heterocycles. The van der Waals surface area contributed by atoms with Crippen molar-refractivity contribution < 1.29 is 83.5 Å². The zero-order chi connectivity index (χ0) is 79.1. The summed E-state index contributed by atoms with van der Waals surface area (Å²) >= 11 is 7.19. The lowest BCUT2D eigenvalue weighted by Gasteiger charge is -2.29. The van der Waals surface area contributed by atoms with Crippen LogP contribution in [-0.2, 0) is 55.8 Å². The molecule has 23 heteroatoms. The summed E-state index contributed by atoms with van der Waals surface area (Å²) in [4.78, 5) is 8.94. The van der Waals surface area contributed by atoms with E-state index in [1.165, 1.54) is 33.9 Å². The number of hydrogen-bond donors (Lipinski definition) is 4. The van der Waals surface area contributed by atoms with E-state index in [4.69, 9.17) is 79.6 Å². The average molecular weight is 1450 g/mol. The third-order valence-corrected chi connectivity index (χ3v) is 24.8. The van der Waals surface area contributed by atoms with Gasteiger partial charge in [-0.05, 0) is 151 Å². The van der Waals surface area contributed by atoms with E-state index in [1.807, 2.05) is 26.8 Å². The van der Waals surface area contributed by atoms with Gasteiger partial charge in [0.1, 0.15) is 13.2 Å². The van der Waals surface area contributed by atoms with E-state index in [1.54, 1.807) is 17.5 Å². The van der Waals surface area contributed by atoms with Crippen LogP contribution in [-0.4, -0.2) is 206 Å². The normalized spacial score (nSPS) is 37.0. The van der Waals surface area contributed by atoms with Gasteiger partial charge in [0.2, 0.25) is 23.5 Å². The molecule has 0 aromatic rings. The highest BCUT2D eigenvalue weighted by Crippen LogP contribution is 2.65. The molecule has 0 aromatic carbocycles. The number of aliphatic hydroxyl groups excluding tert-OH is 3. The quantitative estimate of drug-likeness (QED) is 0.0163. The molecule has 0 aliphatic carbocycles. The fourth-order valence-corrected chi connectivity index (χ4v) is 20.2. The second kappa shape index (κ2) is 59.1. The second-order valence-electron chi connectivity index (χ2n) is 23.9. The summed E-state index contributed by atoms with van der Waals surface area (Å²) in [7, 11) is 1.23. The first-order valence-corrected chi connectivity index (χ1v) is 40.1. The molecule has 7 aliphatic rings. The van der Waals surface area contributed by atoms with E-state index in [0.29, 0.717) is 54.8 Å². The van der Waals surface area contributed by atoms with Crippen LogP contribution in [0.5, 0.6) is 0 Å². The predicted octanol–water partition coefficient (Wildman–Crippen LogP) is 16.9. The van der Waals surface area contributed by atoms with Gasteiger partial charge >= 0.3 is 6.80 Å². The molecule has 7 aliphatic heterocycles. The molecule has 0 saturated carbocycles. The fraction of sp³-hybridized carbons (Fsp3) is 0.915. The minimum Gasteiger partial charge on any atom is -0.400 e. The van der Waals surface area contributed by atoms with Crippen LogP contribution >= 0.6 is 49.8 Å². The summed E-state index contributed by atoms with van der Waals surface area (Å²) in [5.41, 5.74) is 0. The van der Waals surface area contributed by atoms with E-state index in [0.717, 1.165) is 82.0 Å². The molecule has 556 valence electrons. The standard InChI is InChI=1S/C17H30NO5PS.C17H30NO4PS.C10H18O.C9H16O2.C9H18OS.C6H15N.2CH4O.CH4/c1-5-6-16(17-13(2)7-10-21-17)25-24(19,22-12-9-18-4)23-15-8-11-20-14(15)3;1-5-6-16(17-13(2)7-10-20-17)24-23(21-12-9-18-4)22-15-8-11-19-14(15)3;1-4-5-8(2)10-9(3)6-7-11-10;1-3-4-8(10)9-7(2)5-6-11-9;1-3-4-8(11)9-7(2)5-6-10-9;1-4-7(5-2)6-3;2*1-2;/h13-17H,5-12H2,1-3H3;13-17H,5-12H2,1-3H3;4,8-10H,1,5-7H2,2-3H3;3,7-10H,1,4-6H2,2H3;7-9,11H,3-6H2,1-2H3;4-6H2,1-3H3;2*2H,1H3;1H4/t13-,14+,15-,16+,17-,24?;13-,14+,15-,16+,17-,23?;8-,9+,10-;7-,8-,9-;7-,8+,9-;;;;/m00100..../s1/i2*3D,10T,11T;7T;2*6T;;2*2T;/t10-,11-,13+,14-,15+,16-,17+,24?;10-,11-,13+,14-,15+,16-,17+,23?;7-,8-,9+,10-;6-,7+,8+,9+;6-,7+,8-,9+;;;;/m11111..... The van der Waals surface area contributed by atoms with Gasteiger partial charge in [0.15, 0.2) is 0 Å². The summed E-state index contributed by atoms with van der Waals surface area (Å²) in [5.74, 6) is 2.29. The Labute approximate surface area is 605 Å². The van der Waals surface area contributed by atoms with Crippen LogP contribution in [0.4, 0.5) is 0 Å². The maximum Gasteiger partial charge on any atom is 0.390 e. The van der Waals surface area contributed by atoms with Crippen molar-refractivity contribution in [2.75, 3.05) is 106 Å². The maximum absolute atomic E-state index is 13.6. The number of hydrogen-bond acceptors (Lipinski definition) is 19. The Hall–Kier alpha value is -0.430. The van der Waals surface area contributed by atoms with Gasteiger partial charge in [-0.2, -0.15) is 12.6 Å². The first-order valence-electron chi connectivity index (χ1n) is 40.1. The zero-order valence-electron chi connectivity index (χ0n) is 70.2. The van der Waals surface area contributed by atoms with Crippen molar-refractivity contribution in [2.24, 2.45) is 35.5 Å². The molecule has 7 heterocycles. The molecular weight excluding hydrogens is 1290 g/mol. The molecular formula is C71H139N3O15P2S3. The average Bonchev–Trinajstić information content (AvgIpc) is 1.62. The number of nitrogens with zero attached hydrogens (tertiary/aromatic N) is 3. The van der Waals surface area contributed by atoms with Crippen LogP contribution in [0.2, 0.25) is 0 Å². The highest BCUT2D eigenvalue weighted by Gasteiger charge is 2.43. The lowest BCUT2D eigenvalue weighted by atomic mass is 9.91. The smallest absolute Gasteiger partial charge is 0.390 e. The molecule has 0 aromatic heterocycles. The third kappa shape index (κ3) is 38.6. The molecule has 0 amide bonds. The van der Waals surface area contributed by atoms with Crippen molar-refractivity contribution in [3.63, 3.8) is 0 Å². The van der Waals surface area contributed by atoms with Crippen LogP contribution in [0.25, 0.3) is 9.69 Å². The van der Waals surface area contributed by atoms with Gasteiger partial charge < -0.3 is 72.1 Å². The van der Waals surface area contributed by atoms with E-state index < -0.39 is 71.7 Å². The van der Waals surface area contributed by atoms with Gasteiger partial charge in [0.25, 0.3) is 0 Å². The van der Waals surface area contributed by atoms with E-state index in [2.05, 4.69) is 113 Å². The Morgan fingerprint density at radius 1 is 0.670 bits per heavy atom. The Balaban J connectivity index is 0. The molecule has 0 bridgehead atoms. The monoisotopic (exact) mass is 1450 g/mol. The molecule has 0 radical (unpaired) electrons. The minimum atomic E-state index is -3.67. The number of aliphatic hydroxyl groups is 3. The van der Waals surface area contributed by atoms with Gasteiger partial charge in [-0.3, -0.25) is 9.05 Å². The summed E-state index contributed by atoms with van der Waals surface area (Å²) < 4.78 is 156.